The van der Waals surface area contributed by atoms with Gasteiger partial charge in [0.15, 0.2) is 0 Å². The molecule has 0 radical (unpaired) electrons. The third-order valence-electron chi connectivity index (χ3n) is 6.53. The summed E-state index contributed by atoms with van der Waals surface area (Å²) in [5.74, 6) is 2.28. The molecule has 7 nitrogen and oxygen atoms in total. The Balaban J connectivity index is 1.37. The lowest BCUT2D eigenvalue weighted by Crippen LogP contribution is -2.41. The van der Waals surface area contributed by atoms with Crippen LogP contribution >= 0.6 is 0 Å². The van der Waals surface area contributed by atoms with Crippen molar-refractivity contribution in [1.82, 2.24) is 19.6 Å². The third kappa shape index (κ3) is 4.50. The summed E-state index contributed by atoms with van der Waals surface area (Å²) in [7, 11) is 1.82. The lowest BCUT2D eigenvalue weighted by molar-refractivity contribution is -0.128. The van der Waals surface area contributed by atoms with Gasteiger partial charge in [0.1, 0.15) is 5.75 Å². The molecule has 0 aliphatic carbocycles. The number of rotatable bonds is 5. The van der Waals surface area contributed by atoms with Gasteiger partial charge in [-0.25, -0.2) is 0 Å². The van der Waals surface area contributed by atoms with E-state index in [0.717, 1.165) is 44.8 Å². The number of nitrogens with zero attached hydrogens (tertiary/aromatic N) is 4. The molecule has 2 atom stereocenters. The molecular formula is C23H30N4O3. The van der Waals surface area contributed by atoms with Crippen LogP contribution in [0.2, 0.25) is 0 Å². The Labute approximate surface area is 177 Å². The number of carbonyl (C=O) groups is 2. The zero-order chi connectivity index (χ0) is 21.1. The van der Waals surface area contributed by atoms with Gasteiger partial charge < -0.3 is 14.5 Å². The summed E-state index contributed by atoms with van der Waals surface area (Å²) >= 11 is 0. The first-order valence-electron chi connectivity index (χ1n) is 10.7. The van der Waals surface area contributed by atoms with Crippen LogP contribution in [0.25, 0.3) is 0 Å². The van der Waals surface area contributed by atoms with Crippen molar-refractivity contribution in [2.45, 2.75) is 19.8 Å². The largest absolute Gasteiger partial charge is 0.493 e. The van der Waals surface area contributed by atoms with Crippen molar-refractivity contribution in [2.24, 2.45) is 24.8 Å². The van der Waals surface area contributed by atoms with Crippen LogP contribution < -0.4 is 4.74 Å². The van der Waals surface area contributed by atoms with E-state index in [0.29, 0.717) is 29.9 Å². The first-order valence-corrected chi connectivity index (χ1v) is 10.7. The lowest BCUT2D eigenvalue weighted by atomic mass is 9.78. The Kier molecular flexibility index (Phi) is 6.06. The summed E-state index contributed by atoms with van der Waals surface area (Å²) in [6.07, 6.45) is 5.33. The second-order valence-corrected chi connectivity index (χ2v) is 8.50. The van der Waals surface area contributed by atoms with Crippen LogP contribution in [0, 0.1) is 17.8 Å². The van der Waals surface area contributed by atoms with Crippen molar-refractivity contribution in [3.63, 3.8) is 0 Å². The van der Waals surface area contributed by atoms with Crippen molar-refractivity contribution >= 4 is 11.8 Å². The fraction of sp³-hybridized carbons (Fsp3) is 0.522. The van der Waals surface area contributed by atoms with Gasteiger partial charge in [0.25, 0.3) is 5.91 Å². The minimum atomic E-state index is 0.0577. The highest BCUT2D eigenvalue weighted by Gasteiger charge is 2.40. The molecule has 2 aliphatic heterocycles. The highest BCUT2D eigenvalue weighted by molar-refractivity contribution is 5.93. The van der Waals surface area contributed by atoms with E-state index in [1.165, 1.54) is 0 Å². The maximum absolute atomic E-state index is 12.7. The molecule has 2 aliphatic rings. The number of hydrogen-bond donors (Lipinski definition) is 0. The molecule has 7 heteroatoms. The SMILES string of the molecule is CC(=O)N1C[C@@H](COc2ccccc2)[C@H](C2CCN(C(=O)c3cnn(C)c3)CC2)C1. The number of aromatic nitrogens is 2. The fourth-order valence-electron chi connectivity index (χ4n) is 4.83. The van der Waals surface area contributed by atoms with Crippen molar-refractivity contribution in [2.75, 3.05) is 32.8 Å². The van der Waals surface area contributed by atoms with Crippen LogP contribution in [0.3, 0.4) is 0 Å². The Morgan fingerprint density at radius 2 is 1.83 bits per heavy atom. The molecule has 160 valence electrons. The fourth-order valence-corrected chi connectivity index (χ4v) is 4.83. The standard InChI is InChI=1S/C23H30N4O3/c1-17(28)27-14-20(16-30-21-6-4-3-5-7-21)22(15-27)18-8-10-26(11-9-18)23(29)19-12-24-25(2)13-19/h3-7,12-13,18,20,22H,8-11,14-16H2,1-2H3/t20-,22-/m0/s1. The molecule has 4 rings (SSSR count). The topological polar surface area (TPSA) is 67.7 Å². The molecule has 1 aromatic heterocycles. The van der Waals surface area contributed by atoms with Crippen LogP contribution in [0.4, 0.5) is 0 Å². The lowest BCUT2D eigenvalue weighted by Gasteiger charge is -2.36. The molecule has 0 saturated carbocycles. The zero-order valence-electron chi connectivity index (χ0n) is 17.7. The van der Waals surface area contributed by atoms with Gasteiger partial charge in [-0.05, 0) is 36.8 Å². The first kappa shape index (κ1) is 20.4. The van der Waals surface area contributed by atoms with E-state index in [4.69, 9.17) is 4.74 Å². The number of benzene rings is 1. The van der Waals surface area contributed by atoms with Crippen LogP contribution in [0.5, 0.6) is 5.75 Å². The van der Waals surface area contributed by atoms with E-state index in [1.807, 2.05) is 47.2 Å². The Morgan fingerprint density at radius 1 is 1.10 bits per heavy atom. The van der Waals surface area contributed by atoms with Gasteiger partial charge in [-0.2, -0.15) is 5.10 Å². The van der Waals surface area contributed by atoms with Gasteiger partial charge in [0.2, 0.25) is 5.91 Å². The first-order chi connectivity index (χ1) is 14.5. The zero-order valence-corrected chi connectivity index (χ0v) is 17.7. The van der Waals surface area contributed by atoms with E-state index in [1.54, 1.807) is 24.0 Å². The summed E-state index contributed by atoms with van der Waals surface area (Å²) in [6.45, 7) is 5.31. The second-order valence-electron chi connectivity index (χ2n) is 8.50. The van der Waals surface area contributed by atoms with E-state index in [9.17, 15) is 9.59 Å². The van der Waals surface area contributed by atoms with Gasteiger partial charge in [-0.1, -0.05) is 18.2 Å². The molecule has 2 fully saturated rings. The smallest absolute Gasteiger partial charge is 0.257 e. The van der Waals surface area contributed by atoms with Crippen molar-refractivity contribution in [3.8, 4) is 5.75 Å². The third-order valence-corrected chi connectivity index (χ3v) is 6.53. The molecule has 0 unspecified atom stereocenters. The van der Waals surface area contributed by atoms with Gasteiger partial charge in [-0.3, -0.25) is 14.3 Å². The summed E-state index contributed by atoms with van der Waals surface area (Å²) in [6, 6.07) is 9.85. The van der Waals surface area contributed by atoms with Crippen LogP contribution in [-0.2, 0) is 11.8 Å². The molecule has 0 N–H and O–H groups in total. The Bertz CT molecular complexity index is 874. The number of ether oxygens (including phenoxy) is 1. The molecule has 0 spiro atoms. The normalized spacial score (nSPS) is 22.3. The molecule has 0 bridgehead atoms. The summed E-state index contributed by atoms with van der Waals surface area (Å²) in [4.78, 5) is 28.6. The molecule has 2 aromatic rings. The van der Waals surface area contributed by atoms with Gasteiger partial charge in [-0.15, -0.1) is 0 Å². The number of carbonyl (C=O) groups excluding carboxylic acids is 2. The maximum atomic E-state index is 12.7. The highest BCUT2D eigenvalue weighted by Crippen LogP contribution is 2.36. The van der Waals surface area contributed by atoms with Gasteiger partial charge >= 0.3 is 0 Å². The monoisotopic (exact) mass is 410 g/mol. The number of likely N-dealkylation sites (tertiary alicyclic amines) is 2. The Morgan fingerprint density at radius 3 is 2.47 bits per heavy atom. The summed E-state index contributed by atoms with van der Waals surface area (Å²) in [5, 5.41) is 4.11. The Hall–Kier alpha value is -2.83. The average Bonchev–Trinajstić information content (AvgIpc) is 3.39. The van der Waals surface area contributed by atoms with Crippen LogP contribution in [-0.4, -0.2) is 64.2 Å². The highest BCUT2D eigenvalue weighted by atomic mass is 16.5. The maximum Gasteiger partial charge on any atom is 0.257 e. The van der Waals surface area contributed by atoms with Crippen LogP contribution in [0.1, 0.15) is 30.1 Å². The molecular weight excluding hydrogens is 380 g/mol. The number of hydrogen-bond acceptors (Lipinski definition) is 4. The minimum Gasteiger partial charge on any atom is -0.493 e. The summed E-state index contributed by atoms with van der Waals surface area (Å²) in [5.41, 5.74) is 0.647. The predicted molar refractivity (Wildman–Crippen MR) is 113 cm³/mol. The molecule has 30 heavy (non-hydrogen) atoms. The van der Waals surface area contributed by atoms with Crippen molar-refractivity contribution in [1.29, 1.82) is 0 Å². The second kappa shape index (κ2) is 8.90. The molecule has 3 heterocycles. The van der Waals surface area contributed by atoms with E-state index in [-0.39, 0.29) is 11.8 Å². The number of piperidine rings is 1. The predicted octanol–water partition coefficient (Wildman–Crippen LogP) is 2.45. The van der Waals surface area contributed by atoms with E-state index in [2.05, 4.69) is 5.10 Å². The number of aryl methyl sites for hydroxylation is 1. The van der Waals surface area contributed by atoms with E-state index < -0.39 is 0 Å². The van der Waals surface area contributed by atoms with Crippen LogP contribution in [0.15, 0.2) is 42.7 Å². The van der Waals surface area contributed by atoms with E-state index >= 15 is 0 Å². The minimum absolute atomic E-state index is 0.0577. The average molecular weight is 411 g/mol. The van der Waals surface area contributed by atoms with Gasteiger partial charge in [0, 0.05) is 52.3 Å². The van der Waals surface area contributed by atoms with Gasteiger partial charge in [0.05, 0.1) is 18.4 Å². The summed E-state index contributed by atoms with van der Waals surface area (Å²) < 4.78 is 7.71. The quantitative estimate of drug-likeness (QED) is 0.759. The number of amides is 2. The molecule has 2 saturated heterocycles. The van der Waals surface area contributed by atoms with Crippen molar-refractivity contribution in [3.05, 3.63) is 48.3 Å². The molecule has 1 aromatic carbocycles. The number of para-hydroxylation sites is 1. The van der Waals surface area contributed by atoms with Crippen molar-refractivity contribution < 1.29 is 14.3 Å². The molecule has 2 amide bonds.